The van der Waals surface area contributed by atoms with E-state index in [-0.39, 0.29) is 53.1 Å². The van der Waals surface area contributed by atoms with Gasteiger partial charge in [-0.15, -0.1) is 0 Å². The maximum atomic E-state index is 13.7. The van der Waals surface area contributed by atoms with Crippen LogP contribution in [-0.2, 0) is 28.5 Å². The molecule has 0 spiro atoms. The fraction of sp³-hybridized carbons (Fsp3) is 0.757. The summed E-state index contributed by atoms with van der Waals surface area (Å²) in [5.74, 6) is 1.69. The van der Waals surface area contributed by atoms with E-state index in [4.69, 9.17) is 18.9 Å². The molecule has 0 N–H and O–H groups in total. The van der Waals surface area contributed by atoms with Crippen LogP contribution in [0.2, 0.25) is 0 Å². The van der Waals surface area contributed by atoms with Gasteiger partial charge in [-0.2, -0.15) is 0 Å². The summed E-state index contributed by atoms with van der Waals surface area (Å²) in [6, 6.07) is 9.34. The van der Waals surface area contributed by atoms with Gasteiger partial charge in [0.15, 0.2) is 6.29 Å². The van der Waals surface area contributed by atoms with Crippen molar-refractivity contribution in [3.05, 3.63) is 35.9 Å². The van der Waals surface area contributed by atoms with Crippen molar-refractivity contribution in [1.29, 1.82) is 0 Å². The number of ketones is 1. The second-order valence-electron chi connectivity index (χ2n) is 15.1. The van der Waals surface area contributed by atoms with Crippen molar-refractivity contribution in [3.8, 4) is 0 Å². The molecule has 0 bridgehead atoms. The molecule has 0 radical (unpaired) electrons. The molecule has 0 amide bonds. The zero-order chi connectivity index (χ0) is 31.1. The van der Waals surface area contributed by atoms with Crippen LogP contribution >= 0.6 is 0 Å². The fourth-order valence-electron chi connectivity index (χ4n) is 10.6. The molecule has 7 heteroatoms. The van der Waals surface area contributed by atoms with E-state index in [9.17, 15) is 14.4 Å². The summed E-state index contributed by atoms with van der Waals surface area (Å²) in [5.41, 5.74) is 0.318. The molecule has 1 aromatic carbocycles. The molecular formula is C37H52O7. The van der Waals surface area contributed by atoms with Crippen molar-refractivity contribution >= 4 is 17.7 Å². The minimum Gasteiger partial charge on any atom is -0.469 e. The predicted octanol–water partition coefficient (Wildman–Crippen LogP) is 7.16. The highest BCUT2D eigenvalue weighted by Gasteiger charge is 2.67. The van der Waals surface area contributed by atoms with Crippen LogP contribution in [0.4, 0.5) is 0 Å². The van der Waals surface area contributed by atoms with Crippen molar-refractivity contribution in [1.82, 2.24) is 0 Å². The first-order valence-corrected chi connectivity index (χ1v) is 17.3. The van der Waals surface area contributed by atoms with Crippen molar-refractivity contribution in [2.24, 2.45) is 46.3 Å². The molecule has 1 unspecified atom stereocenters. The molecule has 7 nitrogen and oxygen atoms in total. The average Bonchev–Trinajstić information content (AvgIpc) is 3.39. The summed E-state index contributed by atoms with van der Waals surface area (Å²) in [7, 11) is 1.45. The number of carbonyl (C=O) groups excluding carboxylic acids is 3. The van der Waals surface area contributed by atoms with E-state index in [1.54, 1.807) is 0 Å². The Hall–Kier alpha value is -2.25. The maximum absolute atomic E-state index is 13.7. The third-order valence-corrected chi connectivity index (χ3v) is 13.1. The number of hydrogen-bond donors (Lipinski definition) is 0. The van der Waals surface area contributed by atoms with Gasteiger partial charge in [0.25, 0.3) is 0 Å². The molecule has 6 rings (SSSR count). The Morgan fingerprint density at radius 1 is 1.05 bits per heavy atom. The smallest absolute Gasteiger partial charge is 0.338 e. The summed E-state index contributed by atoms with van der Waals surface area (Å²) in [5, 5.41) is 0. The van der Waals surface area contributed by atoms with Crippen molar-refractivity contribution in [2.45, 2.75) is 116 Å². The third kappa shape index (κ3) is 5.77. The number of ether oxygens (including phenoxy) is 4. The largest absolute Gasteiger partial charge is 0.469 e. The summed E-state index contributed by atoms with van der Waals surface area (Å²) in [4.78, 5) is 38.6. The second kappa shape index (κ2) is 12.9. The number of carbonyl (C=O) groups is 3. The van der Waals surface area contributed by atoms with E-state index in [2.05, 4.69) is 20.8 Å². The van der Waals surface area contributed by atoms with E-state index < -0.39 is 0 Å². The number of fused-ring (bicyclic) bond motifs is 5. The Balaban J connectivity index is 1.37. The maximum Gasteiger partial charge on any atom is 0.338 e. The zero-order valence-corrected chi connectivity index (χ0v) is 27.1. The molecule has 1 aromatic rings. The lowest BCUT2D eigenvalue weighted by atomic mass is 9.43. The van der Waals surface area contributed by atoms with E-state index in [1.807, 2.05) is 30.3 Å². The Morgan fingerprint density at radius 3 is 2.57 bits per heavy atom. The van der Waals surface area contributed by atoms with Gasteiger partial charge in [0.1, 0.15) is 11.9 Å². The Labute approximate surface area is 263 Å². The molecule has 5 fully saturated rings. The molecule has 44 heavy (non-hydrogen) atoms. The van der Waals surface area contributed by atoms with Gasteiger partial charge in [-0.1, -0.05) is 39.0 Å². The topological polar surface area (TPSA) is 88.1 Å². The number of hydrogen-bond acceptors (Lipinski definition) is 7. The molecule has 1 heterocycles. The summed E-state index contributed by atoms with van der Waals surface area (Å²) in [6.45, 7) is 7.79. The highest BCUT2D eigenvalue weighted by atomic mass is 16.7. The molecule has 1 saturated heterocycles. The highest BCUT2D eigenvalue weighted by molar-refractivity contribution is 5.89. The molecule has 11 atom stereocenters. The molecule has 4 aliphatic carbocycles. The van der Waals surface area contributed by atoms with Crippen LogP contribution in [0.3, 0.4) is 0 Å². The van der Waals surface area contributed by atoms with Crippen LogP contribution in [-0.4, -0.2) is 49.9 Å². The lowest BCUT2D eigenvalue weighted by Crippen LogP contribution is -2.63. The summed E-state index contributed by atoms with van der Waals surface area (Å²) >= 11 is 0. The van der Waals surface area contributed by atoms with Gasteiger partial charge in [-0.25, -0.2) is 4.79 Å². The van der Waals surface area contributed by atoms with E-state index in [0.29, 0.717) is 54.3 Å². The molecule has 242 valence electrons. The van der Waals surface area contributed by atoms with Crippen LogP contribution < -0.4 is 0 Å². The van der Waals surface area contributed by atoms with E-state index in [1.165, 1.54) is 7.11 Å². The number of Topliss-reactive ketones (excluding diaryl/α,β-unsaturated/α-hetero) is 1. The fourth-order valence-corrected chi connectivity index (χ4v) is 10.6. The minimum atomic E-state index is -0.262. The second-order valence-corrected chi connectivity index (χ2v) is 15.1. The Morgan fingerprint density at radius 2 is 1.84 bits per heavy atom. The first-order chi connectivity index (χ1) is 21.1. The van der Waals surface area contributed by atoms with E-state index in [0.717, 1.165) is 64.4 Å². The summed E-state index contributed by atoms with van der Waals surface area (Å²) in [6.07, 6.45) is 9.76. The van der Waals surface area contributed by atoms with Gasteiger partial charge in [-0.3, -0.25) is 9.59 Å². The van der Waals surface area contributed by atoms with Gasteiger partial charge in [-0.05, 0) is 111 Å². The number of esters is 2. The zero-order valence-electron chi connectivity index (χ0n) is 27.1. The standard InChI is InChI=1S/C37H52O7/c1-23(13-16-32(39)41-4)27-14-15-28-34-29(22-31(37(27,28)3)44-35(40)24-10-6-5-7-11-24)36(2)18-17-26(38)20-25(36)21-30(34)43-33-12-8-9-19-42-33/h5-7,10-11,23,25,27-31,33-34H,8-9,12-22H2,1-4H3/t23-,25?,27-,28+,29+,30-,31+,33+,34+,36+,37-/m1/s1. The van der Waals surface area contributed by atoms with Crippen LogP contribution in [0, 0.1) is 46.3 Å². The molecule has 0 aromatic heterocycles. The molecular weight excluding hydrogens is 556 g/mol. The average molecular weight is 609 g/mol. The summed E-state index contributed by atoms with van der Waals surface area (Å²) < 4.78 is 24.7. The highest BCUT2D eigenvalue weighted by Crippen LogP contribution is 2.69. The van der Waals surface area contributed by atoms with Crippen molar-refractivity contribution in [2.75, 3.05) is 13.7 Å². The normalized spacial score (nSPS) is 40.7. The number of methoxy groups -OCH3 is 1. The molecule has 4 saturated carbocycles. The Kier molecular flexibility index (Phi) is 9.27. The number of rotatable bonds is 8. The number of benzene rings is 1. The quantitative estimate of drug-likeness (QED) is 0.229. The van der Waals surface area contributed by atoms with Gasteiger partial charge < -0.3 is 18.9 Å². The lowest BCUT2D eigenvalue weighted by molar-refractivity contribution is -0.258. The van der Waals surface area contributed by atoms with E-state index >= 15 is 0 Å². The first-order valence-electron chi connectivity index (χ1n) is 17.3. The van der Waals surface area contributed by atoms with Crippen molar-refractivity contribution < 1.29 is 33.3 Å². The van der Waals surface area contributed by atoms with Crippen molar-refractivity contribution in [3.63, 3.8) is 0 Å². The van der Waals surface area contributed by atoms with Gasteiger partial charge in [0.05, 0.1) is 18.8 Å². The predicted molar refractivity (Wildman–Crippen MR) is 166 cm³/mol. The van der Waals surface area contributed by atoms with Crippen LogP contribution in [0.5, 0.6) is 0 Å². The Bertz CT molecular complexity index is 1190. The van der Waals surface area contributed by atoms with Crippen LogP contribution in [0.25, 0.3) is 0 Å². The SMILES string of the molecule is COC(=O)CC[C@@H](C)[C@H]1CC[C@H]2[C@@H]3[C@H](O[C@H]4CCCCO4)CC4CC(=O)CC[C@]4(C)[C@H]3C[C@H](OC(=O)c3ccccc3)[C@]12C. The van der Waals surface area contributed by atoms with Gasteiger partial charge in [0.2, 0.25) is 0 Å². The minimum absolute atomic E-state index is 0.000814. The lowest BCUT2D eigenvalue weighted by Gasteiger charge is -2.64. The van der Waals surface area contributed by atoms with Gasteiger partial charge >= 0.3 is 11.9 Å². The molecule has 5 aliphatic rings. The van der Waals surface area contributed by atoms with Gasteiger partial charge in [0, 0.05) is 31.3 Å². The molecule has 1 aliphatic heterocycles. The first kappa shape index (κ1) is 31.7. The monoisotopic (exact) mass is 608 g/mol. The van der Waals surface area contributed by atoms with Crippen LogP contribution in [0.1, 0.15) is 108 Å². The van der Waals surface area contributed by atoms with Crippen LogP contribution in [0.15, 0.2) is 30.3 Å². The third-order valence-electron chi connectivity index (χ3n) is 13.1.